The number of hydrogen-bond acceptors (Lipinski definition) is 3. The molecular formula is C28H41N3O. The number of aryl methyl sites for hydroxylation is 1. The van der Waals surface area contributed by atoms with E-state index in [2.05, 4.69) is 98.1 Å². The smallest absolute Gasteiger partial charge is 0.225 e. The average Bonchev–Trinajstić information content (AvgIpc) is 3.14. The van der Waals surface area contributed by atoms with Gasteiger partial charge in [-0.15, -0.1) is 0 Å². The highest BCUT2D eigenvalue weighted by molar-refractivity contribution is 5.78. The molecule has 0 N–H and O–H groups in total. The first-order valence-corrected chi connectivity index (χ1v) is 12.0. The van der Waals surface area contributed by atoms with Gasteiger partial charge in [0.15, 0.2) is 0 Å². The highest BCUT2D eigenvalue weighted by Crippen LogP contribution is 2.35. The van der Waals surface area contributed by atoms with Gasteiger partial charge in [-0.3, -0.25) is 9.69 Å². The van der Waals surface area contributed by atoms with Gasteiger partial charge >= 0.3 is 0 Å². The minimum absolute atomic E-state index is 0.0305. The molecule has 0 aromatic heterocycles. The maximum Gasteiger partial charge on any atom is 0.225 e. The zero-order valence-electron chi connectivity index (χ0n) is 21.0. The topological polar surface area (TPSA) is 26.8 Å². The summed E-state index contributed by atoms with van der Waals surface area (Å²) < 4.78 is 0. The molecule has 1 heterocycles. The Hall–Kier alpha value is -2.33. The molecule has 4 heteroatoms. The molecule has 0 unspecified atom stereocenters. The predicted molar refractivity (Wildman–Crippen MR) is 135 cm³/mol. The first-order chi connectivity index (χ1) is 15.2. The van der Waals surface area contributed by atoms with Gasteiger partial charge in [0.1, 0.15) is 0 Å². The summed E-state index contributed by atoms with van der Waals surface area (Å²) in [6.45, 7) is 14.3. The van der Waals surface area contributed by atoms with Crippen LogP contribution in [0.25, 0.3) is 0 Å². The molecule has 2 atom stereocenters. The fourth-order valence-corrected chi connectivity index (χ4v) is 4.76. The lowest BCUT2D eigenvalue weighted by atomic mass is 9.87. The Labute approximate surface area is 195 Å². The van der Waals surface area contributed by atoms with Crippen LogP contribution in [0.3, 0.4) is 0 Å². The summed E-state index contributed by atoms with van der Waals surface area (Å²) in [6, 6.07) is 18.1. The molecule has 1 aliphatic rings. The molecule has 0 aliphatic carbocycles. The Balaban J connectivity index is 1.80. The van der Waals surface area contributed by atoms with Crippen LogP contribution < -0.4 is 4.90 Å². The lowest BCUT2D eigenvalue weighted by Crippen LogP contribution is -2.43. The molecule has 32 heavy (non-hydrogen) atoms. The molecule has 3 rings (SSSR count). The molecule has 2 aromatic carbocycles. The van der Waals surface area contributed by atoms with E-state index in [0.29, 0.717) is 11.8 Å². The summed E-state index contributed by atoms with van der Waals surface area (Å²) >= 11 is 0. The van der Waals surface area contributed by atoms with Crippen molar-refractivity contribution >= 4 is 11.6 Å². The van der Waals surface area contributed by atoms with Crippen LogP contribution in [0.4, 0.5) is 5.69 Å². The Morgan fingerprint density at radius 2 is 1.59 bits per heavy atom. The molecule has 0 saturated carbocycles. The van der Waals surface area contributed by atoms with Gasteiger partial charge in [-0.2, -0.15) is 0 Å². The molecule has 0 spiro atoms. The molecule has 2 aromatic rings. The third-order valence-electron chi connectivity index (χ3n) is 6.71. The van der Waals surface area contributed by atoms with Gasteiger partial charge in [0.2, 0.25) is 5.91 Å². The van der Waals surface area contributed by atoms with E-state index in [1.807, 2.05) is 13.8 Å². The number of amides is 1. The lowest BCUT2D eigenvalue weighted by Gasteiger charge is -2.33. The van der Waals surface area contributed by atoms with E-state index >= 15 is 0 Å². The first-order valence-electron chi connectivity index (χ1n) is 12.0. The largest absolute Gasteiger partial charge is 0.378 e. The molecule has 174 valence electrons. The maximum atomic E-state index is 12.9. The van der Waals surface area contributed by atoms with Crippen LogP contribution in [0.2, 0.25) is 0 Å². The molecule has 0 radical (unpaired) electrons. The summed E-state index contributed by atoms with van der Waals surface area (Å²) in [4.78, 5) is 19.7. The molecule has 1 fully saturated rings. The van der Waals surface area contributed by atoms with Gasteiger partial charge < -0.3 is 9.80 Å². The van der Waals surface area contributed by atoms with Crippen LogP contribution in [0.1, 0.15) is 50.3 Å². The normalized spacial score (nSPS) is 19.0. The van der Waals surface area contributed by atoms with Crippen LogP contribution in [0.5, 0.6) is 0 Å². The van der Waals surface area contributed by atoms with Gasteiger partial charge in [0.25, 0.3) is 0 Å². The van der Waals surface area contributed by atoms with Crippen molar-refractivity contribution in [2.75, 3.05) is 38.6 Å². The number of carbonyl (C=O) groups is 1. The third kappa shape index (κ3) is 5.92. The Morgan fingerprint density at radius 1 is 0.969 bits per heavy atom. The van der Waals surface area contributed by atoms with E-state index in [4.69, 9.17) is 0 Å². The van der Waals surface area contributed by atoms with E-state index in [-0.39, 0.29) is 17.9 Å². The summed E-state index contributed by atoms with van der Waals surface area (Å²) in [7, 11) is 4.15. The predicted octanol–water partition coefficient (Wildman–Crippen LogP) is 5.17. The number of rotatable bonds is 8. The van der Waals surface area contributed by atoms with Crippen LogP contribution >= 0.6 is 0 Å². The summed E-state index contributed by atoms with van der Waals surface area (Å²) in [5, 5.41) is 0. The van der Waals surface area contributed by atoms with Gasteiger partial charge in [-0.25, -0.2) is 0 Å². The fraction of sp³-hybridized carbons (Fsp3) is 0.536. The summed E-state index contributed by atoms with van der Waals surface area (Å²) in [5.74, 6) is 1.17. The van der Waals surface area contributed by atoms with Crippen molar-refractivity contribution < 1.29 is 4.79 Å². The Bertz CT molecular complexity index is 871. The molecular weight excluding hydrogens is 394 g/mol. The van der Waals surface area contributed by atoms with E-state index in [1.165, 1.54) is 22.4 Å². The van der Waals surface area contributed by atoms with Crippen molar-refractivity contribution in [1.29, 1.82) is 0 Å². The third-order valence-corrected chi connectivity index (χ3v) is 6.71. The van der Waals surface area contributed by atoms with E-state index in [0.717, 1.165) is 26.2 Å². The number of anilines is 1. The molecule has 0 bridgehead atoms. The maximum absolute atomic E-state index is 12.9. The molecule has 1 aliphatic heterocycles. The zero-order chi connectivity index (χ0) is 23.4. The van der Waals surface area contributed by atoms with Crippen molar-refractivity contribution in [2.45, 2.75) is 53.1 Å². The van der Waals surface area contributed by atoms with E-state index in [9.17, 15) is 4.79 Å². The number of nitrogens with zero attached hydrogens (tertiary/aromatic N) is 3. The monoisotopic (exact) mass is 435 g/mol. The minimum atomic E-state index is 0.0305. The second-order valence-electron chi connectivity index (χ2n) is 10.3. The van der Waals surface area contributed by atoms with Crippen molar-refractivity contribution in [2.24, 2.45) is 11.8 Å². The van der Waals surface area contributed by atoms with Crippen LogP contribution in [0, 0.1) is 18.8 Å². The van der Waals surface area contributed by atoms with Crippen LogP contribution in [0.15, 0.2) is 48.5 Å². The van der Waals surface area contributed by atoms with Crippen molar-refractivity contribution in [3.05, 3.63) is 65.2 Å². The SMILES string of the molecule is Cc1ccc([C@@H]2CN(Cc3ccc(N(C)C)cc3)C[C@H]2CN(C(=O)C(C)C)C(C)C)cc1. The number of benzene rings is 2. The highest BCUT2D eigenvalue weighted by atomic mass is 16.2. The molecule has 1 saturated heterocycles. The number of carbonyl (C=O) groups excluding carboxylic acids is 1. The van der Waals surface area contributed by atoms with Crippen molar-refractivity contribution in [3.63, 3.8) is 0 Å². The fourth-order valence-electron chi connectivity index (χ4n) is 4.76. The first kappa shape index (κ1) is 24.3. The molecule has 4 nitrogen and oxygen atoms in total. The summed E-state index contributed by atoms with van der Waals surface area (Å²) in [6.07, 6.45) is 0. The van der Waals surface area contributed by atoms with E-state index in [1.54, 1.807) is 0 Å². The highest BCUT2D eigenvalue weighted by Gasteiger charge is 2.36. The van der Waals surface area contributed by atoms with Gasteiger partial charge in [0.05, 0.1) is 0 Å². The quantitative estimate of drug-likeness (QED) is 0.572. The Kier molecular flexibility index (Phi) is 8.00. The van der Waals surface area contributed by atoms with Crippen molar-refractivity contribution in [3.8, 4) is 0 Å². The van der Waals surface area contributed by atoms with Crippen LogP contribution in [-0.4, -0.2) is 55.5 Å². The minimum Gasteiger partial charge on any atom is -0.378 e. The number of likely N-dealkylation sites (tertiary alicyclic amines) is 1. The number of hydrogen-bond donors (Lipinski definition) is 0. The van der Waals surface area contributed by atoms with Gasteiger partial charge in [-0.1, -0.05) is 55.8 Å². The van der Waals surface area contributed by atoms with Crippen molar-refractivity contribution in [1.82, 2.24) is 9.80 Å². The standard InChI is InChI=1S/C28H41N3O/c1-20(2)28(32)31(21(3)4)18-25-17-30(16-23-10-14-26(15-11-23)29(6)7)19-27(25)24-12-8-22(5)9-13-24/h8-15,20-21,25,27H,16-19H2,1-7H3/t25-,27-/m0/s1. The summed E-state index contributed by atoms with van der Waals surface area (Å²) in [5.41, 5.74) is 5.26. The zero-order valence-corrected chi connectivity index (χ0v) is 21.0. The lowest BCUT2D eigenvalue weighted by molar-refractivity contribution is -0.136. The van der Waals surface area contributed by atoms with Gasteiger partial charge in [0, 0.05) is 63.8 Å². The molecule has 1 amide bonds. The average molecular weight is 436 g/mol. The van der Waals surface area contributed by atoms with Crippen LogP contribution in [-0.2, 0) is 11.3 Å². The second kappa shape index (κ2) is 10.5. The van der Waals surface area contributed by atoms with E-state index < -0.39 is 0 Å². The van der Waals surface area contributed by atoms with Gasteiger partial charge in [-0.05, 0) is 49.9 Å². The Morgan fingerprint density at radius 3 is 2.12 bits per heavy atom. The second-order valence-corrected chi connectivity index (χ2v) is 10.3.